The van der Waals surface area contributed by atoms with Crippen LogP contribution in [0.5, 0.6) is 0 Å². The molecule has 2 heterocycles. The molecular weight excluding hydrogens is 335 g/mol. The number of halogens is 1. The zero-order valence-electron chi connectivity index (χ0n) is 14.4. The van der Waals surface area contributed by atoms with Crippen molar-refractivity contribution in [3.63, 3.8) is 0 Å². The number of rotatable bonds is 5. The smallest absolute Gasteiger partial charge is 0.331 e. The molecule has 2 aromatic heterocycles. The molecule has 0 radical (unpaired) electrons. The van der Waals surface area contributed by atoms with E-state index in [1.165, 1.54) is 15.1 Å². The number of hydrogen-bond acceptors (Lipinski definition) is 3. The summed E-state index contributed by atoms with van der Waals surface area (Å²) in [4.78, 5) is 27.0. The Hall–Kier alpha value is -2.96. The van der Waals surface area contributed by atoms with Crippen LogP contribution in [0.25, 0.3) is 5.65 Å². The van der Waals surface area contributed by atoms with Crippen LogP contribution in [0.3, 0.4) is 0 Å². The number of fused-ring (bicyclic) bond motifs is 1. The van der Waals surface area contributed by atoms with Crippen molar-refractivity contribution < 1.29 is 9.18 Å². The number of carbonyl (C=O) groups is 1. The molecule has 1 aromatic carbocycles. The molecule has 1 fully saturated rings. The summed E-state index contributed by atoms with van der Waals surface area (Å²) in [5.74, 6) is -0.558. The van der Waals surface area contributed by atoms with Gasteiger partial charge in [-0.05, 0) is 38.0 Å². The van der Waals surface area contributed by atoms with Crippen LogP contribution in [-0.2, 0) is 11.3 Å². The van der Waals surface area contributed by atoms with Gasteiger partial charge in [-0.1, -0.05) is 24.3 Å². The second-order valence-corrected chi connectivity index (χ2v) is 6.60. The lowest BCUT2D eigenvalue weighted by Gasteiger charge is -2.30. The molecule has 4 rings (SSSR count). The SMILES string of the molecule is CC(c1ccccc1F)N(C(=O)Cn1nc2ccccn2c1=O)C1CC1. The van der Waals surface area contributed by atoms with Crippen LogP contribution in [0.1, 0.15) is 31.4 Å². The highest BCUT2D eigenvalue weighted by molar-refractivity contribution is 5.77. The first-order chi connectivity index (χ1) is 12.6. The Labute approximate surface area is 149 Å². The fourth-order valence-electron chi connectivity index (χ4n) is 3.33. The maximum Gasteiger partial charge on any atom is 0.350 e. The van der Waals surface area contributed by atoms with Crippen molar-refractivity contribution in [2.24, 2.45) is 0 Å². The summed E-state index contributed by atoms with van der Waals surface area (Å²) in [5, 5.41) is 4.21. The highest BCUT2D eigenvalue weighted by Gasteiger charge is 2.37. The first-order valence-corrected chi connectivity index (χ1v) is 8.66. The third-order valence-corrected chi connectivity index (χ3v) is 4.77. The van der Waals surface area contributed by atoms with E-state index in [1.807, 2.05) is 6.92 Å². The Morgan fingerprint density at radius 2 is 2.00 bits per heavy atom. The van der Waals surface area contributed by atoms with E-state index in [-0.39, 0.29) is 30.0 Å². The van der Waals surface area contributed by atoms with E-state index in [2.05, 4.69) is 5.10 Å². The average Bonchev–Trinajstić information content (AvgIpc) is 3.41. The molecule has 0 spiro atoms. The second-order valence-electron chi connectivity index (χ2n) is 6.60. The van der Waals surface area contributed by atoms with Crippen LogP contribution in [0, 0.1) is 5.82 Å². The third kappa shape index (κ3) is 2.89. The highest BCUT2D eigenvalue weighted by atomic mass is 19.1. The third-order valence-electron chi connectivity index (χ3n) is 4.77. The average molecular weight is 354 g/mol. The van der Waals surface area contributed by atoms with Gasteiger partial charge >= 0.3 is 5.69 Å². The summed E-state index contributed by atoms with van der Waals surface area (Å²) in [6, 6.07) is 11.4. The van der Waals surface area contributed by atoms with Gasteiger partial charge in [0.1, 0.15) is 12.4 Å². The number of amides is 1. The van der Waals surface area contributed by atoms with Crippen LogP contribution in [0.4, 0.5) is 4.39 Å². The summed E-state index contributed by atoms with van der Waals surface area (Å²) in [5.41, 5.74) is 0.615. The molecule has 6 nitrogen and oxygen atoms in total. The second kappa shape index (κ2) is 6.40. The first kappa shape index (κ1) is 16.5. The Morgan fingerprint density at radius 3 is 2.69 bits per heavy atom. The molecule has 0 aliphatic heterocycles. The molecule has 1 amide bonds. The van der Waals surface area contributed by atoms with Crippen molar-refractivity contribution in [2.75, 3.05) is 0 Å². The Kier molecular flexibility index (Phi) is 4.06. The van der Waals surface area contributed by atoms with Gasteiger partial charge in [-0.25, -0.2) is 13.9 Å². The molecule has 1 unspecified atom stereocenters. The number of pyridine rings is 1. The number of carbonyl (C=O) groups excluding carboxylic acids is 1. The van der Waals surface area contributed by atoms with Crippen LogP contribution in [0.15, 0.2) is 53.5 Å². The van der Waals surface area contributed by atoms with Gasteiger partial charge in [-0.2, -0.15) is 0 Å². The fraction of sp³-hybridized carbons (Fsp3) is 0.316. The van der Waals surface area contributed by atoms with Gasteiger partial charge in [0.15, 0.2) is 5.65 Å². The van der Waals surface area contributed by atoms with Gasteiger partial charge in [-0.3, -0.25) is 9.20 Å². The van der Waals surface area contributed by atoms with Crippen molar-refractivity contribution >= 4 is 11.6 Å². The fourth-order valence-corrected chi connectivity index (χ4v) is 3.33. The molecule has 1 aliphatic rings. The van der Waals surface area contributed by atoms with Crippen LogP contribution in [0.2, 0.25) is 0 Å². The normalized spacial score (nSPS) is 15.2. The van der Waals surface area contributed by atoms with Gasteiger partial charge in [-0.15, -0.1) is 5.10 Å². The molecule has 1 aliphatic carbocycles. The quantitative estimate of drug-likeness (QED) is 0.707. The maximum absolute atomic E-state index is 14.2. The van der Waals surface area contributed by atoms with Crippen LogP contribution in [-0.4, -0.2) is 31.0 Å². The largest absolute Gasteiger partial charge is 0.350 e. The number of benzene rings is 1. The van der Waals surface area contributed by atoms with E-state index in [9.17, 15) is 14.0 Å². The van der Waals surface area contributed by atoms with Crippen molar-refractivity contribution in [2.45, 2.75) is 38.4 Å². The molecule has 1 atom stereocenters. The van der Waals surface area contributed by atoms with Crippen molar-refractivity contribution in [3.05, 3.63) is 70.5 Å². The molecule has 0 bridgehead atoms. The van der Waals surface area contributed by atoms with Crippen LogP contribution < -0.4 is 5.69 Å². The first-order valence-electron chi connectivity index (χ1n) is 8.66. The Morgan fingerprint density at radius 1 is 1.27 bits per heavy atom. The van der Waals surface area contributed by atoms with Crippen molar-refractivity contribution in [1.29, 1.82) is 0 Å². The summed E-state index contributed by atoms with van der Waals surface area (Å²) in [6.07, 6.45) is 3.40. The maximum atomic E-state index is 14.2. The molecule has 7 heteroatoms. The van der Waals surface area contributed by atoms with Crippen molar-refractivity contribution in [3.8, 4) is 0 Å². The predicted octanol–water partition coefficient (Wildman–Crippen LogP) is 2.39. The predicted molar refractivity (Wildman–Crippen MR) is 94.1 cm³/mol. The summed E-state index contributed by atoms with van der Waals surface area (Å²) >= 11 is 0. The summed E-state index contributed by atoms with van der Waals surface area (Å²) in [7, 11) is 0. The van der Waals surface area contributed by atoms with E-state index in [0.717, 1.165) is 12.8 Å². The Balaban J connectivity index is 1.63. The van der Waals surface area contributed by atoms with Gasteiger partial charge in [0.2, 0.25) is 5.91 Å². The van der Waals surface area contributed by atoms with E-state index >= 15 is 0 Å². The molecular formula is C19H19FN4O2. The lowest BCUT2D eigenvalue weighted by Crippen LogP contribution is -2.40. The van der Waals surface area contributed by atoms with Crippen molar-refractivity contribution in [1.82, 2.24) is 19.1 Å². The van der Waals surface area contributed by atoms with Gasteiger partial charge in [0.05, 0.1) is 6.04 Å². The molecule has 3 aromatic rings. The molecule has 0 saturated heterocycles. The standard InChI is InChI=1S/C19H19FN4O2/c1-13(15-6-2-3-7-16(15)20)24(14-9-10-14)18(25)12-23-19(26)22-11-5-4-8-17(22)21-23/h2-8,11,13-14H,9-10,12H2,1H3. The monoisotopic (exact) mass is 354 g/mol. The summed E-state index contributed by atoms with van der Waals surface area (Å²) < 4.78 is 16.7. The summed E-state index contributed by atoms with van der Waals surface area (Å²) in [6.45, 7) is 1.66. The van der Waals surface area contributed by atoms with Gasteiger partial charge < -0.3 is 4.90 Å². The lowest BCUT2D eigenvalue weighted by atomic mass is 10.1. The minimum Gasteiger partial charge on any atom is -0.331 e. The van der Waals surface area contributed by atoms with E-state index in [1.54, 1.807) is 47.5 Å². The lowest BCUT2D eigenvalue weighted by molar-refractivity contribution is -0.135. The van der Waals surface area contributed by atoms with Crippen LogP contribution >= 0.6 is 0 Å². The zero-order chi connectivity index (χ0) is 18.3. The zero-order valence-corrected chi connectivity index (χ0v) is 14.4. The van der Waals surface area contributed by atoms with Gasteiger partial charge in [0, 0.05) is 17.8 Å². The van der Waals surface area contributed by atoms with E-state index in [4.69, 9.17) is 0 Å². The number of nitrogens with zero attached hydrogens (tertiary/aromatic N) is 4. The van der Waals surface area contributed by atoms with E-state index in [0.29, 0.717) is 11.2 Å². The molecule has 134 valence electrons. The molecule has 1 saturated carbocycles. The number of hydrogen-bond donors (Lipinski definition) is 0. The van der Waals surface area contributed by atoms with Gasteiger partial charge in [0.25, 0.3) is 0 Å². The minimum absolute atomic E-state index is 0.0878. The molecule has 0 N–H and O–H groups in total. The minimum atomic E-state index is -0.399. The van der Waals surface area contributed by atoms with E-state index < -0.39 is 6.04 Å². The topological polar surface area (TPSA) is 59.6 Å². The molecule has 26 heavy (non-hydrogen) atoms. The number of aromatic nitrogens is 3. The highest BCUT2D eigenvalue weighted by Crippen LogP contribution is 2.35. The Bertz CT molecular complexity index is 1020.